The molecule has 0 amide bonds. The van der Waals surface area contributed by atoms with Crippen molar-refractivity contribution in [3.05, 3.63) is 69.7 Å². The number of hydrogen-bond donors (Lipinski definition) is 2. The summed E-state index contributed by atoms with van der Waals surface area (Å²) in [6.45, 7) is 4.02. The highest BCUT2D eigenvalue weighted by Gasteiger charge is 2.20. The van der Waals surface area contributed by atoms with Crippen molar-refractivity contribution < 1.29 is 0 Å². The molecular weight excluding hydrogens is 363 g/mol. The quantitative estimate of drug-likeness (QED) is 0.605. The van der Waals surface area contributed by atoms with Gasteiger partial charge in [0.1, 0.15) is 0 Å². The lowest BCUT2D eigenvalue weighted by Crippen LogP contribution is -2.30. The summed E-state index contributed by atoms with van der Waals surface area (Å²) in [5, 5.41) is 8.82. The Morgan fingerprint density at radius 2 is 1.12 bits per heavy atom. The summed E-state index contributed by atoms with van der Waals surface area (Å²) in [5.74, 6) is 1.61. The van der Waals surface area contributed by atoms with Gasteiger partial charge in [0.2, 0.25) is 0 Å². The molecular formula is C22H28Cl2N2. The van der Waals surface area contributed by atoms with E-state index in [9.17, 15) is 0 Å². The Labute approximate surface area is 167 Å². The maximum Gasteiger partial charge on any atom is 0.0409 e. The van der Waals surface area contributed by atoms with Gasteiger partial charge in [0.15, 0.2) is 0 Å². The third kappa shape index (κ3) is 6.59. The van der Waals surface area contributed by atoms with Crippen molar-refractivity contribution in [2.24, 2.45) is 11.8 Å². The zero-order valence-corrected chi connectivity index (χ0v) is 16.7. The molecule has 1 aliphatic carbocycles. The minimum absolute atomic E-state index is 0.804. The summed E-state index contributed by atoms with van der Waals surface area (Å²) in [7, 11) is 0. The van der Waals surface area contributed by atoms with Crippen LogP contribution in [0.4, 0.5) is 0 Å². The second-order valence-corrected chi connectivity index (χ2v) is 8.28. The highest BCUT2D eigenvalue weighted by atomic mass is 35.5. The van der Waals surface area contributed by atoms with E-state index < -0.39 is 0 Å². The smallest absolute Gasteiger partial charge is 0.0409 e. The van der Waals surface area contributed by atoms with Crippen LogP contribution < -0.4 is 10.6 Å². The van der Waals surface area contributed by atoms with Gasteiger partial charge in [0.25, 0.3) is 0 Å². The van der Waals surface area contributed by atoms with Gasteiger partial charge in [-0.1, -0.05) is 47.5 Å². The second kappa shape index (κ2) is 10.3. The molecule has 1 aliphatic rings. The summed E-state index contributed by atoms with van der Waals surface area (Å²) in [6, 6.07) is 16.2. The van der Waals surface area contributed by atoms with Gasteiger partial charge in [0, 0.05) is 23.1 Å². The van der Waals surface area contributed by atoms with E-state index in [-0.39, 0.29) is 0 Å². The molecule has 3 rings (SSSR count). The zero-order valence-electron chi connectivity index (χ0n) is 15.2. The van der Waals surface area contributed by atoms with Gasteiger partial charge in [-0.2, -0.15) is 0 Å². The molecule has 2 aromatic rings. The van der Waals surface area contributed by atoms with E-state index in [1.54, 1.807) is 0 Å². The topological polar surface area (TPSA) is 24.1 Å². The lowest BCUT2D eigenvalue weighted by Gasteiger charge is -2.29. The Morgan fingerprint density at radius 1 is 0.692 bits per heavy atom. The predicted molar refractivity (Wildman–Crippen MR) is 112 cm³/mol. The van der Waals surface area contributed by atoms with Crippen LogP contribution in [0.1, 0.15) is 36.8 Å². The summed E-state index contributed by atoms with van der Waals surface area (Å²) in [5.41, 5.74) is 2.52. The fraction of sp³-hybridized carbons (Fsp3) is 0.455. The number of rotatable bonds is 8. The zero-order chi connectivity index (χ0) is 18.2. The molecule has 0 atom stereocenters. The Kier molecular flexibility index (Phi) is 7.82. The highest BCUT2D eigenvalue weighted by molar-refractivity contribution is 6.30. The normalized spacial score (nSPS) is 20.2. The van der Waals surface area contributed by atoms with Gasteiger partial charge in [0.05, 0.1) is 0 Å². The molecule has 0 spiro atoms. The van der Waals surface area contributed by atoms with Crippen LogP contribution in [0.2, 0.25) is 10.0 Å². The first kappa shape index (κ1) is 19.7. The standard InChI is InChI=1S/C22H28Cl2N2/c23-21-5-1-3-19(11-21)15-25-13-17-7-9-18(10-8-17)14-26-16-20-4-2-6-22(24)12-20/h1-6,11-12,17-18,25-26H,7-10,13-16H2. The van der Waals surface area contributed by atoms with Crippen molar-refractivity contribution in [1.82, 2.24) is 10.6 Å². The Morgan fingerprint density at radius 3 is 1.50 bits per heavy atom. The average molecular weight is 391 g/mol. The van der Waals surface area contributed by atoms with Crippen LogP contribution in [0, 0.1) is 11.8 Å². The molecule has 4 heteroatoms. The second-order valence-electron chi connectivity index (χ2n) is 7.41. The van der Waals surface area contributed by atoms with Crippen molar-refractivity contribution in [3.63, 3.8) is 0 Å². The van der Waals surface area contributed by atoms with Crippen molar-refractivity contribution in [1.29, 1.82) is 0 Å². The molecule has 1 saturated carbocycles. The Balaban J connectivity index is 1.29. The summed E-state index contributed by atoms with van der Waals surface area (Å²) in [6.07, 6.45) is 5.30. The first-order chi connectivity index (χ1) is 12.7. The van der Waals surface area contributed by atoms with Gasteiger partial charge in [-0.25, -0.2) is 0 Å². The van der Waals surface area contributed by atoms with E-state index in [1.165, 1.54) is 36.8 Å². The van der Waals surface area contributed by atoms with Crippen LogP contribution in [0.15, 0.2) is 48.5 Å². The summed E-state index contributed by atoms with van der Waals surface area (Å²) in [4.78, 5) is 0. The molecule has 0 heterocycles. The van der Waals surface area contributed by atoms with Crippen LogP contribution in [0.5, 0.6) is 0 Å². The van der Waals surface area contributed by atoms with Gasteiger partial charge in [-0.15, -0.1) is 0 Å². The van der Waals surface area contributed by atoms with E-state index in [0.29, 0.717) is 0 Å². The van der Waals surface area contributed by atoms with Crippen LogP contribution in [-0.2, 0) is 13.1 Å². The number of halogens is 2. The molecule has 2 N–H and O–H groups in total. The average Bonchev–Trinajstić information content (AvgIpc) is 2.63. The molecule has 0 aromatic heterocycles. The van der Waals surface area contributed by atoms with Gasteiger partial charge in [-0.05, 0) is 86.0 Å². The molecule has 1 fully saturated rings. The van der Waals surface area contributed by atoms with Crippen molar-refractivity contribution >= 4 is 23.2 Å². The first-order valence-electron chi connectivity index (χ1n) is 9.59. The fourth-order valence-electron chi connectivity index (χ4n) is 3.77. The molecule has 0 radical (unpaired) electrons. The maximum atomic E-state index is 6.04. The van der Waals surface area contributed by atoms with Crippen molar-refractivity contribution in [2.45, 2.75) is 38.8 Å². The van der Waals surface area contributed by atoms with E-state index in [2.05, 4.69) is 22.8 Å². The minimum atomic E-state index is 0.804. The molecule has 0 aliphatic heterocycles. The van der Waals surface area contributed by atoms with Crippen LogP contribution in [0.3, 0.4) is 0 Å². The van der Waals surface area contributed by atoms with E-state index in [4.69, 9.17) is 23.2 Å². The number of hydrogen-bond acceptors (Lipinski definition) is 2. The molecule has 0 unspecified atom stereocenters. The van der Waals surface area contributed by atoms with E-state index >= 15 is 0 Å². The number of benzene rings is 2. The first-order valence-corrected chi connectivity index (χ1v) is 10.3. The Hall–Kier alpha value is -1.06. The van der Waals surface area contributed by atoms with Gasteiger partial charge >= 0.3 is 0 Å². The lowest BCUT2D eigenvalue weighted by molar-refractivity contribution is 0.261. The van der Waals surface area contributed by atoms with Crippen LogP contribution >= 0.6 is 23.2 Å². The third-order valence-electron chi connectivity index (χ3n) is 5.27. The lowest BCUT2D eigenvalue weighted by atomic mass is 9.82. The van der Waals surface area contributed by atoms with Crippen molar-refractivity contribution in [3.8, 4) is 0 Å². The van der Waals surface area contributed by atoms with Gasteiger partial charge < -0.3 is 10.6 Å². The SMILES string of the molecule is Clc1cccc(CNCC2CCC(CNCc3cccc(Cl)c3)CC2)c1. The highest BCUT2D eigenvalue weighted by Crippen LogP contribution is 2.28. The summed E-state index contributed by atoms with van der Waals surface area (Å²) >= 11 is 12.1. The fourth-order valence-corrected chi connectivity index (χ4v) is 4.20. The predicted octanol–water partition coefficient (Wildman–Crippen LogP) is 5.68. The molecule has 26 heavy (non-hydrogen) atoms. The third-order valence-corrected chi connectivity index (χ3v) is 5.74. The molecule has 0 bridgehead atoms. The minimum Gasteiger partial charge on any atom is -0.312 e. The van der Waals surface area contributed by atoms with Crippen LogP contribution in [-0.4, -0.2) is 13.1 Å². The maximum absolute atomic E-state index is 6.04. The van der Waals surface area contributed by atoms with Gasteiger partial charge in [-0.3, -0.25) is 0 Å². The monoisotopic (exact) mass is 390 g/mol. The molecule has 2 nitrogen and oxygen atoms in total. The molecule has 0 saturated heterocycles. The largest absolute Gasteiger partial charge is 0.312 e. The van der Waals surface area contributed by atoms with Crippen LogP contribution in [0.25, 0.3) is 0 Å². The van der Waals surface area contributed by atoms with E-state index in [1.807, 2.05) is 36.4 Å². The van der Waals surface area contributed by atoms with E-state index in [0.717, 1.165) is 48.1 Å². The summed E-state index contributed by atoms with van der Waals surface area (Å²) < 4.78 is 0. The Bertz CT molecular complexity index is 622. The van der Waals surface area contributed by atoms with Crippen molar-refractivity contribution in [2.75, 3.05) is 13.1 Å². The molecule has 140 valence electrons. The molecule has 2 aromatic carbocycles. The number of nitrogens with one attached hydrogen (secondary N) is 2.